The highest BCUT2D eigenvalue weighted by atomic mass is 16.7. The number of benzene rings is 1. The van der Waals surface area contributed by atoms with Crippen molar-refractivity contribution in [2.45, 2.75) is 120 Å². The number of aliphatic hydroxyl groups is 1. The second-order valence-electron chi connectivity index (χ2n) is 14.4. The second-order valence-corrected chi connectivity index (χ2v) is 14.4. The second kappa shape index (κ2) is 13.3. The summed E-state index contributed by atoms with van der Waals surface area (Å²) in [5.41, 5.74) is -1.33. The van der Waals surface area contributed by atoms with Crippen LogP contribution >= 0.6 is 0 Å². The zero-order valence-corrected chi connectivity index (χ0v) is 28.1. The molecule has 11 heteroatoms. The Morgan fingerprint density at radius 2 is 1.77 bits per heavy atom. The highest BCUT2D eigenvalue weighted by molar-refractivity contribution is 5.86. The number of methoxy groups -OCH3 is 2. The lowest BCUT2D eigenvalue weighted by molar-refractivity contribution is -0.179. The average Bonchev–Trinajstić information content (AvgIpc) is 3.74. The molecule has 4 atom stereocenters. The summed E-state index contributed by atoms with van der Waals surface area (Å²) in [6, 6.07) is 4.02. The molecule has 2 fully saturated rings. The molecule has 1 N–H and O–H groups in total. The SMILES string of the molecule is COC(=O)CC(O)(CCCC(C)(C)OC(=O)C1CCCCC1)C(=O)OC1C(OC)=CC23CCCN2CCc2cc4c(cc2C13)OCO4. The third-order valence-corrected chi connectivity index (χ3v) is 10.9. The zero-order valence-electron chi connectivity index (χ0n) is 28.1. The molecule has 4 unspecified atom stereocenters. The molecule has 3 aliphatic heterocycles. The molecule has 0 radical (unpaired) electrons. The maximum atomic E-state index is 14.1. The van der Waals surface area contributed by atoms with Gasteiger partial charge in [-0.1, -0.05) is 19.3 Å². The van der Waals surface area contributed by atoms with Crippen LogP contribution in [0.25, 0.3) is 0 Å². The predicted octanol–water partition coefficient (Wildman–Crippen LogP) is 4.71. The van der Waals surface area contributed by atoms with Gasteiger partial charge in [-0.05, 0) is 101 Å². The predicted molar refractivity (Wildman–Crippen MR) is 170 cm³/mol. The molecule has 11 nitrogen and oxygen atoms in total. The molecule has 3 heterocycles. The summed E-state index contributed by atoms with van der Waals surface area (Å²) in [6.07, 6.45) is 8.80. The summed E-state index contributed by atoms with van der Waals surface area (Å²) in [6.45, 7) is 5.55. The smallest absolute Gasteiger partial charge is 0.339 e. The van der Waals surface area contributed by atoms with E-state index in [-0.39, 0.29) is 31.0 Å². The molecule has 1 aromatic rings. The van der Waals surface area contributed by atoms with Crippen LogP contribution in [0.1, 0.15) is 102 Å². The fourth-order valence-corrected chi connectivity index (χ4v) is 8.44. The number of esters is 3. The van der Waals surface area contributed by atoms with Crippen LogP contribution in [-0.4, -0.2) is 84.9 Å². The van der Waals surface area contributed by atoms with E-state index in [1.807, 2.05) is 26.0 Å². The van der Waals surface area contributed by atoms with Crippen molar-refractivity contribution in [1.82, 2.24) is 4.90 Å². The van der Waals surface area contributed by atoms with Crippen LogP contribution in [0, 0.1) is 5.92 Å². The Morgan fingerprint density at radius 1 is 1.02 bits per heavy atom. The van der Waals surface area contributed by atoms with E-state index in [0.29, 0.717) is 30.1 Å². The normalized spacial score (nSPS) is 26.6. The van der Waals surface area contributed by atoms with Crippen LogP contribution in [0.3, 0.4) is 0 Å². The number of hydrogen-bond acceptors (Lipinski definition) is 11. The Kier molecular flexibility index (Phi) is 9.50. The van der Waals surface area contributed by atoms with Crippen LogP contribution in [0.5, 0.6) is 11.5 Å². The van der Waals surface area contributed by atoms with Gasteiger partial charge in [0.1, 0.15) is 11.4 Å². The van der Waals surface area contributed by atoms with Gasteiger partial charge in [-0.25, -0.2) is 4.79 Å². The van der Waals surface area contributed by atoms with Gasteiger partial charge in [0, 0.05) is 6.54 Å². The molecule has 1 saturated heterocycles. The molecule has 47 heavy (non-hydrogen) atoms. The van der Waals surface area contributed by atoms with E-state index in [4.69, 9.17) is 28.4 Å². The van der Waals surface area contributed by atoms with Gasteiger partial charge in [0.05, 0.1) is 38.0 Å². The van der Waals surface area contributed by atoms with Gasteiger partial charge < -0.3 is 33.5 Å². The van der Waals surface area contributed by atoms with Gasteiger partial charge in [0.2, 0.25) is 6.79 Å². The minimum Gasteiger partial charge on any atom is -0.497 e. The maximum Gasteiger partial charge on any atom is 0.339 e. The van der Waals surface area contributed by atoms with E-state index in [2.05, 4.69) is 11.0 Å². The molecule has 1 saturated carbocycles. The molecule has 1 spiro atoms. The number of nitrogens with zero attached hydrogens (tertiary/aromatic N) is 1. The first-order valence-electron chi connectivity index (χ1n) is 17.2. The summed E-state index contributed by atoms with van der Waals surface area (Å²) in [4.78, 5) is 41.9. The number of carbonyl (C=O) groups excluding carboxylic acids is 3. The molecular formula is C36H49NO10. The lowest BCUT2D eigenvalue weighted by Gasteiger charge is -2.39. The first-order valence-corrected chi connectivity index (χ1v) is 17.2. The van der Waals surface area contributed by atoms with Gasteiger partial charge in [-0.2, -0.15) is 0 Å². The van der Waals surface area contributed by atoms with E-state index in [1.54, 1.807) is 7.11 Å². The van der Waals surface area contributed by atoms with Crippen LogP contribution in [-0.2, 0) is 39.8 Å². The monoisotopic (exact) mass is 655 g/mol. The quantitative estimate of drug-likeness (QED) is 0.263. The largest absolute Gasteiger partial charge is 0.497 e. The van der Waals surface area contributed by atoms with Crippen LogP contribution in [0.15, 0.2) is 24.0 Å². The van der Waals surface area contributed by atoms with Crippen molar-refractivity contribution in [3.05, 3.63) is 35.1 Å². The zero-order chi connectivity index (χ0) is 33.4. The number of rotatable bonds is 11. The van der Waals surface area contributed by atoms with Gasteiger partial charge in [0.25, 0.3) is 0 Å². The highest BCUT2D eigenvalue weighted by Crippen LogP contribution is 2.55. The van der Waals surface area contributed by atoms with Crippen LogP contribution in [0.4, 0.5) is 0 Å². The van der Waals surface area contributed by atoms with Gasteiger partial charge >= 0.3 is 17.9 Å². The van der Waals surface area contributed by atoms with Crippen molar-refractivity contribution in [2.24, 2.45) is 5.92 Å². The minimum absolute atomic E-state index is 0.0820. The number of carbonyl (C=O) groups is 3. The molecule has 2 aliphatic carbocycles. The molecule has 0 aromatic heterocycles. The van der Waals surface area contributed by atoms with E-state index in [0.717, 1.165) is 75.6 Å². The topological polar surface area (TPSA) is 130 Å². The fourth-order valence-electron chi connectivity index (χ4n) is 8.44. The fraction of sp³-hybridized carbons (Fsp3) is 0.694. The lowest BCUT2D eigenvalue weighted by atomic mass is 9.77. The van der Waals surface area contributed by atoms with Crippen molar-refractivity contribution < 1.29 is 47.9 Å². The molecule has 6 rings (SSSR count). The molecule has 0 amide bonds. The van der Waals surface area contributed by atoms with Gasteiger partial charge in [0.15, 0.2) is 23.2 Å². The highest BCUT2D eigenvalue weighted by Gasteiger charge is 2.59. The Bertz CT molecular complexity index is 1400. The molecule has 0 bridgehead atoms. The summed E-state index contributed by atoms with van der Waals surface area (Å²) in [5.74, 6) is -0.389. The average molecular weight is 656 g/mol. The van der Waals surface area contributed by atoms with Crippen molar-refractivity contribution in [3.8, 4) is 11.5 Å². The van der Waals surface area contributed by atoms with Gasteiger partial charge in [-0.3, -0.25) is 14.5 Å². The van der Waals surface area contributed by atoms with Crippen molar-refractivity contribution in [1.29, 1.82) is 0 Å². The van der Waals surface area contributed by atoms with E-state index < -0.39 is 41.2 Å². The molecule has 5 aliphatic rings. The van der Waals surface area contributed by atoms with Crippen molar-refractivity contribution in [3.63, 3.8) is 0 Å². The lowest BCUT2D eigenvalue weighted by Crippen LogP contribution is -2.49. The number of hydrogen-bond donors (Lipinski definition) is 1. The van der Waals surface area contributed by atoms with E-state index in [1.165, 1.54) is 7.11 Å². The third kappa shape index (κ3) is 6.57. The summed E-state index contributed by atoms with van der Waals surface area (Å²) < 4.78 is 34.4. The molecule has 258 valence electrons. The number of fused-ring (bicyclic) bond motifs is 3. The number of ether oxygens (including phenoxy) is 6. The van der Waals surface area contributed by atoms with Crippen molar-refractivity contribution >= 4 is 17.9 Å². The van der Waals surface area contributed by atoms with Crippen LogP contribution in [0.2, 0.25) is 0 Å². The Balaban J connectivity index is 1.23. The summed E-state index contributed by atoms with van der Waals surface area (Å²) in [5, 5.41) is 11.9. The third-order valence-electron chi connectivity index (χ3n) is 10.9. The molecular weight excluding hydrogens is 606 g/mol. The standard InChI is InChI=1S/C36H49NO10/c1-34(2,47-32(39)23-10-6-5-7-11-23)13-8-15-36(41,21-29(38)43-4)33(40)46-31-28(42-3)20-35-14-9-16-37(35)17-12-24-18-26-27(45-22-44-26)19-25(24)30(31)35/h18-20,23,30-31,41H,5-17,21-22H2,1-4H3. The molecule has 1 aromatic carbocycles. The van der Waals surface area contributed by atoms with E-state index in [9.17, 15) is 19.5 Å². The van der Waals surface area contributed by atoms with Gasteiger partial charge in [-0.15, -0.1) is 0 Å². The van der Waals surface area contributed by atoms with Crippen LogP contribution < -0.4 is 9.47 Å². The van der Waals surface area contributed by atoms with Crippen molar-refractivity contribution in [2.75, 3.05) is 34.1 Å². The Labute approximate surface area is 276 Å². The van der Waals surface area contributed by atoms with E-state index >= 15 is 0 Å². The minimum atomic E-state index is -2.16. The summed E-state index contributed by atoms with van der Waals surface area (Å²) >= 11 is 0. The first kappa shape index (κ1) is 33.6. The first-order chi connectivity index (χ1) is 22.5. The Morgan fingerprint density at radius 3 is 2.49 bits per heavy atom. The summed E-state index contributed by atoms with van der Waals surface area (Å²) in [7, 11) is 2.78. The maximum absolute atomic E-state index is 14.1. The Hall–Kier alpha value is -3.31.